The lowest BCUT2D eigenvalue weighted by molar-refractivity contribution is 0.0616. The van der Waals surface area contributed by atoms with Crippen molar-refractivity contribution in [3.05, 3.63) is 40.0 Å². The number of para-hydroxylation sites is 1. The Morgan fingerprint density at radius 3 is 2.73 bits per heavy atom. The van der Waals surface area contributed by atoms with E-state index in [1.165, 1.54) is 15.8 Å². The Hall–Kier alpha value is -1.15. The van der Waals surface area contributed by atoms with E-state index in [2.05, 4.69) is 42.5 Å². The van der Waals surface area contributed by atoms with Crippen LogP contribution in [-0.4, -0.2) is 52.0 Å². The molecule has 182 valence electrons. The predicted octanol–water partition coefficient (Wildman–Crippen LogP) is 6.03. The number of halogens is 2. The van der Waals surface area contributed by atoms with Crippen molar-refractivity contribution in [2.45, 2.75) is 59.2 Å². The number of ether oxygens (including phenoxy) is 1. The molecule has 1 saturated heterocycles. The standard InChI is InChI=1S/C25H34ClN3O2S.ClH/c1-4-23-22(16-28(10-11-30)17(2)3)27-25(32-23)20-15-29(14-18-8-12-31-13-9-18)24-19(20)6-5-7-21(24)26;/h5-7,15,17-18,30H,4,8-14,16H2,1-3H3;1H. The highest BCUT2D eigenvalue weighted by molar-refractivity contribution is 7.15. The van der Waals surface area contributed by atoms with Gasteiger partial charge >= 0.3 is 0 Å². The first-order chi connectivity index (χ1) is 15.5. The van der Waals surface area contributed by atoms with E-state index >= 15 is 0 Å². The van der Waals surface area contributed by atoms with E-state index in [-0.39, 0.29) is 19.0 Å². The molecule has 1 fully saturated rings. The Morgan fingerprint density at radius 1 is 1.30 bits per heavy atom. The fourth-order valence-electron chi connectivity index (χ4n) is 4.58. The van der Waals surface area contributed by atoms with Gasteiger partial charge < -0.3 is 14.4 Å². The number of hydrogen-bond acceptors (Lipinski definition) is 5. The van der Waals surface area contributed by atoms with Crippen molar-refractivity contribution >= 4 is 46.2 Å². The van der Waals surface area contributed by atoms with Gasteiger partial charge in [0.25, 0.3) is 0 Å². The van der Waals surface area contributed by atoms with E-state index in [9.17, 15) is 5.11 Å². The zero-order valence-electron chi connectivity index (χ0n) is 19.7. The Bertz CT molecular complexity index is 1040. The molecular weight excluding hydrogens is 477 g/mol. The number of aliphatic hydroxyl groups is 1. The molecule has 0 unspecified atom stereocenters. The van der Waals surface area contributed by atoms with E-state index in [4.69, 9.17) is 21.3 Å². The van der Waals surface area contributed by atoms with Crippen LogP contribution in [0.25, 0.3) is 21.5 Å². The van der Waals surface area contributed by atoms with Gasteiger partial charge in [0.15, 0.2) is 0 Å². The summed E-state index contributed by atoms with van der Waals surface area (Å²) in [6.45, 7) is 10.8. The van der Waals surface area contributed by atoms with Crippen molar-refractivity contribution in [2.24, 2.45) is 5.92 Å². The molecule has 0 amide bonds. The summed E-state index contributed by atoms with van der Waals surface area (Å²) in [5.74, 6) is 0.611. The lowest BCUT2D eigenvalue weighted by Gasteiger charge is -2.25. The van der Waals surface area contributed by atoms with Gasteiger partial charge in [-0.2, -0.15) is 0 Å². The lowest BCUT2D eigenvalue weighted by atomic mass is 10.0. The van der Waals surface area contributed by atoms with Gasteiger partial charge in [0.2, 0.25) is 0 Å². The average Bonchev–Trinajstić information content (AvgIpc) is 3.36. The summed E-state index contributed by atoms with van der Waals surface area (Å²) in [6, 6.07) is 6.53. The number of fused-ring (bicyclic) bond motifs is 1. The Balaban J connectivity index is 0.00000306. The molecule has 3 heterocycles. The topological polar surface area (TPSA) is 50.5 Å². The third kappa shape index (κ3) is 5.92. The minimum Gasteiger partial charge on any atom is -0.395 e. The van der Waals surface area contributed by atoms with Crippen molar-refractivity contribution in [3.8, 4) is 10.6 Å². The van der Waals surface area contributed by atoms with Crippen LogP contribution in [0.2, 0.25) is 5.02 Å². The summed E-state index contributed by atoms with van der Waals surface area (Å²) in [4.78, 5) is 8.71. The van der Waals surface area contributed by atoms with Gasteiger partial charge in [0, 0.05) is 60.9 Å². The lowest BCUT2D eigenvalue weighted by Crippen LogP contribution is -2.33. The van der Waals surface area contributed by atoms with Crippen LogP contribution in [0.5, 0.6) is 0 Å². The van der Waals surface area contributed by atoms with Gasteiger partial charge in [0.1, 0.15) is 5.01 Å². The molecule has 1 aliphatic rings. The van der Waals surface area contributed by atoms with Crippen molar-refractivity contribution < 1.29 is 9.84 Å². The second-order valence-electron chi connectivity index (χ2n) is 8.92. The van der Waals surface area contributed by atoms with E-state index < -0.39 is 0 Å². The van der Waals surface area contributed by atoms with Crippen LogP contribution >= 0.6 is 35.3 Å². The number of aromatic nitrogens is 2. The van der Waals surface area contributed by atoms with E-state index in [0.717, 1.165) is 66.8 Å². The fourth-order valence-corrected chi connectivity index (χ4v) is 5.89. The van der Waals surface area contributed by atoms with Gasteiger partial charge in [0.05, 0.1) is 22.8 Å². The summed E-state index contributed by atoms with van der Waals surface area (Å²) in [7, 11) is 0. The van der Waals surface area contributed by atoms with Crippen LogP contribution < -0.4 is 0 Å². The maximum Gasteiger partial charge on any atom is 0.126 e. The number of thiazole rings is 1. The van der Waals surface area contributed by atoms with Crippen molar-refractivity contribution in [2.75, 3.05) is 26.4 Å². The van der Waals surface area contributed by atoms with Crippen LogP contribution in [-0.2, 0) is 24.2 Å². The summed E-state index contributed by atoms with van der Waals surface area (Å²) in [5, 5.41) is 12.5. The minimum absolute atomic E-state index is 0. The van der Waals surface area contributed by atoms with Gasteiger partial charge in [-0.3, -0.25) is 4.90 Å². The molecule has 0 aliphatic carbocycles. The van der Waals surface area contributed by atoms with Crippen LogP contribution in [0.4, 0.5) is 0 Å². The zero-order valence-corrected chi connectivity index (χ0v) is 22.1. The molecule has 0 spiro atoms. The molecule has 0 radical (unpaired) electrons. The van der Waals surface area contributed by atoms with Gasteiger partial charge in [-0.1, -0.05) is 30.7 Å². The number of aliphatic hydroxyl groups excluding tert-OH is 1. The molecule has 1 N–H and O–H groups in total. The third-order valence-corrected chi connectivity index (χ3v) is 8.03. The first-order valence-corrected chi connectivity index (χ1v) is 12.9. The number of hydrogen-bond donors (Lipinski definition) is 1. The van der Waals surface area contributed by atoms with Gasteiger partial charge in [-0.05, 0) is 45.1 Å². The van der Waals surface area contributed by atoms with Crippen molar-refractivity contribution in [3.63, 3.8) is 0 Å². The minimum atomic E-state index is 0. The Labute approximate surface area is 212 Å². The van der Waals surface area contributed by atoms with Crippen LogP contribution in [0.3, 0.4) is 0 Å². The molecule has 8 heteroatoms. The molecule has 1 aromatic carbocycles. The maximum absolute atomic E-state index is 9.47. The fraction of sp³-hybridized carbons (Fsp3) is 0.560. The first-order valence-electron chi connectivity index (χ1n) is 11.7. The Kier molecular flexibility index (Phi) is 9.62. The quantitative estimate of drug-likeness (QED) is 0.380. The highest BCUT2D eigenvalue weighted by atomic mass is 35.5. The molecule has 33 heavy (non-hydrogen) atoms. The second-order valence-corrected chi connectivity index (χ2v) is 10.4. The van der Waals surface area contributed by atoms with Gasteiger partial charge in [-0.25, -0.2) is 4.98 Å². The smallest absolute Gasteiger partial charge is 0.126 e. The number of benzene rings is 1. The zero-order chi connectivity index (χ0) is 22.7. The highest BCUT2D eigenvalue weighted by Crippen LogP contribution is 2.38. The van der Waals surface area contributed by atoms with Crippen molar-refractivity contribution in [1.82, 2.24) is 14.5 Å². The van der Waals surface area contributed by atoms with E-state index in [0.29, 0.717) is 18.5 Å². The summed E-state index contributed by atoms with van der Waals surface area (Å²) < 4.78 is 7.89. The van der Waals surface area contributed by atoms with Crippen LogP contribution in [0, 0.1) is 5.92 Å². The molecule has 0 bridgehead atoms. The van der Waals surface area contributed by atoms with Crippen LogP contribution in [0.15, 0.2) is 24.4 Å². The van der Waals surface area contributed by atoms with E-state index in [1.54, 1.807) is 11.3 Å². The molecule has 5 nitrogen and oxygen atoms in total. The summed E-state index contributed by atoms with van der Waals surface area (Å²) in [6.07, 6.45) is 5.40. The Morgan fingerprint density at radius 2 is 2.06 bits per heavy atom. The summed E-state index contributed by atoms with van der Waals surface area (Å²) >= 11 is 8.48. The first kappa shape index (κ1) is 26.5. The molecule has 0 atom stereocenters. The number of rotatable bonds is 9. The van der Waals surface area contributed by atoms with Crippen LogP contribution in [0.1, 0.15) is 44.2 Å². The maximum atomic E-state index is 9.47. The highest BCUT2D eigenvalue weighted by Gasteiger charge is 2.22. The second kappa shape index (κ2) is 12.0. The van der Waals surface area contributed by atoms with E-state index in [1.807, 2.05) is 12.1 Å². The largest absolute Gasteiger partial charge is 0.395 e. The molecule has 2 aromatic heterocycles. The molecular formula is C25H35Cl2N3O2S. The predicted molar refractivity (Wildman–Crippen MR) is 141 cm³/mol. The SMILES string of the molecule is CCc1sc(-c2cn(CC3CCOCC3)c3c(Cl)cccc23)nc1CN(CCO)C(C)C.Cl. The normalized spacial score (nSPS) is 15.0. The van der Waals surface area contributed by atoms with Crippen molar-refractivity contribution in [1.29, 1.82) is 0 Å². The number of nitrogens with zero attached hydrogens (tertiary/aromatic N) is 3. The number of aryl methyl sites for hydroxylation is 1. The molecule has 1 aliphatic heterocycles. The molecule has 0 saturated carbocycles. The average molecular weight is 513 g/mol. The monoisotopic (exact) mass is 511 g/mol. The van der Waals surface area contributed by atoms with Gasteiger partial charge in [-0.15, -0.1) is 23.7 Å². The summed E-state index contributed by atoms with van der Waals surface area (Å²) in [5.41, 5.74) is 3.40. The molecule has 4 rings (SSSR count). The third-order valence-electron chi connectivity index (χ3n) is 6.45. The molecule has 3 aromatic rings.